The first-order valence-electron chi connectivity index (χ1n) is 6.03. The summed E-state index contributed by atoms with van der Waals surface area (Å²) in [5.41, 5.74) is 1.89. The third-order valence-electron chi connectivity index (χ3n) is 2.67. The first kappa shape index (κ1) is 14.2. The van der Waals surface area contributed by atoms with E-state index in [0.717, 1.165) is 24.6 Å². The van der Waals surface area contributed by atoms with Gasteiger partial charge in [-0.2, -0.15) is 0 Å². The Morgan fingerprint density at radius 3 is 2.53 bits per heavy atom. The predicted octanol–water partition coefficient (Wildman–Crippen LogP) is 3.97. The number of carbonyl (C=O) groups is 1. The summed E-state index contributed by atoms with van der Waals surface area (Å²) in [7, 11) is 0. The van der Waals surface area contributed by atoms with E-state index in [4.69, 9.17) is 4.74 Å². The maximum Gasteiger partial charge on any atom is 0.338 e. The van der Waals surface area contributed by atoms with Gasteiger partial charge in [0, 0.05) is 5.33 Å². The van der Waals surface area contributed by atoms with Crippen molar-refractivity contribution in [2.45, 2.75) is 39.2 Å². The van der Waals surface area contributed by atoms with Crippen molar-refractivity contribution in [3.05, 3.63) is 35.4 Å². The van der Waals surface area contributed by atoms with Gasteiger partial charge in [-0.1, -0.05) is 35.0 Å². The van der Waals surface area contributed by atoms with Gasteiger partial charge in [0.2, 0.25) is 0 Å². The molecule has 0 aliphatic rings. The lowest BCUT2D eigenvalue weighted by molar-refractivity contribution is 0.0334. The van der Waals surface area contributed by atoms with Crippen LogP contribution in [-0.2, 0) is 11.2 Å². The minimum Gasteiger partial charge on any atom is -0.459 e. The Balaban J connectivity index is 2.57. The van der Waals surface area contributed by atoms with Crippen molar-refractivity contribution < 1.29 is 9.53 Å². The number of alkyl halides is 1. The Bertz CT molecular complexity index is 346. The van der Waals surface area contributed by atoms with Crippen molar-refractivity contribution in [1.82, 2.24) is 0 Å². The van der Waals surface area contributed by atoms with E-state index in [0.29, 0.717) is 5.56 Å². The number of aryl methyl sites for hydroxylation is 1. The van der Waals surface area contributed by atoms with Gasteiger partial charge >= 0.3 is 5.97 Å². The van der Waals surface area contributed by atoms with E-state index in [2.05, 4.69) is 15.9 Å². The fraction of sp³-hybridized carbons (Fsp3) is 0.500. The summed E-state index contributed by atoms with van der Waals surface area (Å²) in [4.78, 5) is 11.7. The van der Waals surface area contributed by atoms with Crippen LogP contribution >= 0.6 is 15.9 Å². The van der Waals surface area contributed by atoms with Crippen LogP contribution in [0.4, 0.5) is 0 Å². The maximum absolute atomic E-state index is 11.7. The Labute approximate surface area is 111 Å². The van der Waals surface area contributed by atoms with Gasteiger partial charge in [-0.3, -0.25) is 0 Å². The zero-order chi connectivity index (χ0) is 12.7. The highest BCUT2D eigenvalue weighted by molar-refractivity contribution is 9.09. The smallest absolute Gasteiger partial charge is 0.338 e. The van der Waals surface area contributed by atoms with Gasteiger partial charge in [-0.15, -0.1) is 0 Å². The van der Waals surface area contributed by atoms with Crippen molar-refractivity contribution in [1.29, 1.82) is 0 Å². The zero-order valence-corrected chi connectivity index (χ0v) is 12.0. The lowest BCUT2D eigenvalue weighted by Crippen LogP contribution is -2.13. The monoisotopic (exact) mass is 298 g/mol. The number of halogens is 1. The summed E-state index contributed by atoms with van der Waals surface area (Å²) in [5.74, 6) is -0.230. The number of rotatable bonds is 6. The molecule has 0 amide bonds. The van der Waals surface area contributed by atoms with Crippen LogP contribution in [0.25, 0.3) is 0 Å². The molecule has 0 aromatic heterocycles. The van der Waals surface area contributed by atoms with Crippen molar-refractivity contribution >= 4 is 21.9 Å². The van der Waals surface area contributed by atoms with Crippen molar-refractivity contribution in [2.24, 2.45) is 0 Å². The van der Waals surface area contributed by atoms with Gasteiger partial charge in [0.05, 0.1) is 11.7 Å². The maximum atomic E-state index is 11.7. The van der Waals surface area contributed by atoms with Crippen LogP contribution in [0.5, 0.6) is 0 Å². The molecule has 0 heterocycles. The normalized spacial score (nSPS) is 12.2. The molecule has 1 aromatic carbocycles. The molecule has 0 N–H and O–H groups in total. The molecule has 1 unspecified atom stereocenters. The molecule has 3 heteroatoms. The lowest BCUT2D eigenvalue weighted by atomic mass is 10.1. The Kier molecular flexibility index (Phi) is 6.27. The van der Waals surface area contributed by atoms with Gasteiger partial charge in [0.1, 0.15) is 0 Å². The largest absolute Gasteiger partial charge is 0.459 e. The second kappa shape index (κ2) is 7.49. The Morgan fingerprint density at radius 1 is 1.35 bits per heavy atom. The highest BCUT2D eigenvalue weighted by atomic mass is 79.9. The molecule has 1 rings (SSSR count). The summed E-state index contributed by atoms with van der Waals surface area (Å²) in [6.45, 7) is 3.91. The van der Waals surface area contributed by atoms with Gasteiger partial charge in [-0.25, -0.2) is 4.79 Å². The van der Waals surface area contributed by atoms with Crippen LogP contribution < -0.4 is 0 Å². The van der Waals surface area contributed by atoms with Crippen molar-refractivity contribution in [3.8, 4) is 0 Å². The quantitative estimate of drug-likeness (QED) is 0.587. The number of hydrogen-bond donors (Lipinski definition) is 0. The Morgan fingerprint density at radius 2 is 2.00 bits per heavy atom. The fourth-order valence-corrected chi connectivity index (χ4v) is 1.69. The highest BCUT2D eigenvalue weighted by Gasteiger charge is 2.10. The molecule has 0 radical (unpaired) electrons. The minimum atomic E-state index is -0.230. The van der Waals surface area contributed by atoms with Crippen LogP contribution in [0.3, 0.4) is 0 Å². The average Bonchev–Trinajstić information content (AvgIpc) is 2.36. The van der Waals surface area contributed by atoms with E-state index < -0.39 is 0 Å². The van der Waals surface area contributed by atoms with E-state index in [-0.39, 0.29) is 12.1 Å². The van der Waals surface area contributed by atoms with Crippen molar-refractivity contribution in [2.75, 3.05) is 5.33 Å². The SMILES string of the molecule is CCC(C)OC(=O)c1ccc(CCCBr)cc1. The highest BCUT2D eigenvalue weighted by Crippen LogP contribution is 2.10. The van der Waals surface area contributed by atoms with E-state index in [1.165, 1.54) is 5.56 Å². The lowest BCUT2D eigenvalue weighted by Gasteiger charge is -2.10. The third-order valence-corrected chi connectivity index (χ3v) is 3.23. The molecule has 2 nitrogen and oxygen atoms in total. The molecule has 94 valence electrons. The number of hydrogen-bond acceptors (Lipinski definition) is 2. The van der Waals surface area contributed by atoms with E-state index in [1.54, 1.807) is 0 Å². The van der Waals surface area contributed by atoms with E-state index in [9.17, 15) is 4.79 Å². The first-order valence-corrected chi connectivity index (χ1v) is 7.15. The van der Waals surface area contributed by atoms with Crippen molar-refractivity contribution in [3.63, 3.8) is 0 Å². The molecule has 1 aromatic rings. The molecule has 0 aliphatic heterocycles. The molecular formula is C14H19BrO2. The Hall–Kier alpha value is -0.830. The van der Waals surface area contributed by atoms with Gasteiger partial charge in [-0.05, 0) is 43.9 Å². The average molecular weight is 299 g/mol. The van der Waals surface area contributed by atoms with Crippen LogP contribution in [-0.4, -0.2) is 17.4 Å². The number of esters is 1. The summed E-state index contributed by atoms with van der Waals surface area (Å²) in [6.07, 6.45) is 2.97. The zero-order valence-electron chi connectivity index (χ0n) is 10.4. The number of ether oxygens (including phenoxy) is 1. The minimum absolute atomic E-state index is 0.0180. The molecule has 1 atom stereocenters. The molecule has 0 spiro atoms. The van der Waals surface area contributed by atoms with Crippen LogP contribution in [0.1, 0.15) is 42.6 Å². The third kappa shape index (κ3) is 4.90. The molecule has 0 aliphatic carbocycles. The second-order valence-corrected chi connectivity index (χ2v) is 4.91. The molecule has 0 bridgehead atoms. The van der Waals surface area contributed by atoms with Crippen LogP contribution in [0.2, 0.25) is 0 Å². The van der Waals surface area contributed by atoms with Gasteiger partial charge < -0.3 is 4.74 Å². The molecule has 0 fully saturated rings. The molecule has 0 saturated carbocycles. The van der Waals surface area contributed by atoms with Crippen LogP contribution in [0, 0.1) is 0 Å². The molecule has 17 heavy (non-hydrogen) atoms. The standard InChI is InChI=1S/C14H19BrO2/c1-3-11(2)17-14(16)13-8-6-12(7-9-13)5-4-10-15/h6-9,11H,3-5,10H2,1-2H3. The first-order chi connectivity index (χ1) is 8.17. The van der Waals surface area contributed by atoms with E-state index in [1.807, 2.05) is 38.1 Å². The summed E-state index contributed by atoms with van der Waals surface area (Å²) < 4.78 is 5.26. The summed E-state index contributed by atoms with van der Waals surface area (Å²) >= 11 is 3.41. The topological polar surface area (TPSA) is 26.3 Å². The molecule has 0 saturated heterocycles. The number of benzene rings is 1. The van der Waals surface area contributed by atoms with Crippen LogP contribution in [0.15, 0.2) is 24.3 Å². The van der Waals surface area contributed by atoms with E-state index >= 15 is 0 Å². The second-order valence-electron chi connectivity index (χ2n) is 4.11. The predicted molar refractivity (Wildman–Crippen MR) is 73.7 cm³/mol. The summed E-state index contributed by atoms with van der Waals surface area (Å²) in [5, 5.41) is 1.00. The van der Waals surface area contributed by atoms with Gasteiger partial charge in [0.25, 0.3) is 0 Å². The number of carbonyl (C=O) groups excluding carboxylic acids is 1. The summed E-state index contributed by atoms with van der Waals surface area (Å²) in [6, 6.07) is 7.67. The fourth-order valence-electron chi connectivity index (χ4n) is 1.41. The molecular weight excluding hydrogens is 280 g/mol. The van der Waals surface area contributed by atoms with Gasteiger partial charge in [0.15, 0.2) is 0 Å².